The Hall–Kier alpha value is -2.95. The van der Waals surface area contributed by atoms with Crippen LogP contribution in [0, 0.1) is 6.92 Å². The van der Waals surface area contributed by atoms with Crippen LogP contribution in [0.15, 0.2) is 55.3 Å². The summed E-state index contributed by atoms with van der Waals surface area (Å²) < 4.78 is 3.67. The molecule has 0 fully saturated rings. The fraction of sp³-hybridized carbons (Fsp3) is 0.118. The number of rotatable bonds is 4. The van der Waals surface area contributed by atoms with Crippen LogP contribution in [-0.2, 0) is 7.05 Å². The number of allylic oxidation sites excluding steroid dienone is 1. The van der Waals surface area contributed by atoms with Crippen LogP contribution in [-0.4, -0.2) is 25.1 Å². The number of benzene rings is 1. The van der Waals surface area contributed by atoms with Crippen LogP contribution >= 0.6 is 0 Å². The summed E-state index contributed by atoms with van der Waals surface area (Å²) in [7, 11) is 1.88. The number of aromatic nitrogens is 4. The first-order valence-electron chi connectivity index (χ1n) is 6.94. The largest absolute Gasteiger partial charge is 0.306 e. The molecule has 5 heteroatoms. The van der Waals surface area contributed by atoms with Crippen molar-refractivity contribution in [2.24, 2.45) is 7.05 Å². The second kappa shape index (κ2) is 5.81. The Balaban J connectivity index is 1.76. The summed E-state index contributed by atoms with van der Waals surface area (Å²) in [4.78, 5) is 16.2. The fourth-order valence-corrected chi connectivity index (χ4v) is 2.15. The van der Waals surface area contributed by atoms with Crippen molar-refractivity contribution in [1.29, 1.82) is 0 Å². The zero-order chi connectivity index (χ0) is 15.5. The minimum atomic E-state index is -0.0274. The Bertz CT molecular complexity index is 811. The molecular formula is C17H16N4O. The standard InChI is InChI=1S/C17H16N4O/c1-13-15(11-19-20(13)2)5-8-17(22)14-3-6-16(7-4-14)21-10-9-18-12-21/h3-12H,1-2H3/b8-5+. The Morgan fingerprint density at radius 2 is 2.00 bits per heavy atom. The summed E-state index contributed by atoms with van der Waals surface area (Å²) >= 11 is 0. The molecular weight excluding hydrogens is 276 g/mol. The maximum atomic E-state index is 12.2. The highest BCUT2D eigenvalue weighted by atomic mass is 16.1. The van der Waals surface area contributed by atoms with Crippen molar-refractivity contribution >= 4 is 11.9 Å². The quantitative estimate of drug-likeness (QED) is 0.549. The zero-order valence-corrected chi connectivity index (χ0v) is 12.5. The van der Waals surface area contributed by atoms with Gasteiger partial charge in [-0.05, 0) is 43.3 Å². The molecule has 0 radical (unpaired) electrons. The lowest BCUT2D eigenvalue weighted by atomic mass is 10.1. The summed E-state index contributed by atoms with van der Waals surface area (Å²) in [5.41, 5.74) is 3.60. The molecule has 0 saturated carbocycles. The molecule has 0 aliphatic rings. The van der Waals surface area contributed by atoms with E-state index in [0.717, 1.165) is 16.9 Å². The van der Waals surface area contributed by atoms with Crippen LogP contribution in [0.4, 0.5) is 0 Å². The third-order valence-corrected chi connectivity index (χ3v) is 3.64. The lowest BCUT2D eigenvalue weighted by Gasteiger charge is -2.02. The third-order valence-electron chi connectivity index (χ3n) is 3.64. The molecule has 0 saturated heterocycles. The predicted molar refractivity (Wildman–Crippen MR) is 84.9 cm³/mol. The van der Waals surface area contributed by atoms with Gasteiger partial charge in [-0.2, -0.15) is 5.10 Å². The lowest BCUT2D eigenvalue weighted by molar-refractivity contribution is 0.104. The number of nitrogens with zero attached hydrogens (tertiary/aromatic N) is 4. The van der Waals surface area contributed by atoms with Gasteiger partial charge in [-0.3, -0.25) is 9.48 Å². The summed E-state index contributed by atoms with van der Waals surface area (Å²) in [5, 5.41) is 4.15. The molecule has 0 N–H and O–H groups in total. The van der Waals surface area contributed by atoms with Crippen LogP contribution in [0.3, 0.4) is 0 Å². The molecule has 3 aromatic rings. The highest BCUT2D eigenvalue weighted by molar-refractivity contribution is 6.06. The molecule has 5 nitrogen and oxygen atoms in total. The van der Waals surface area contributed by atoms with Crippen molar-refractivity contribution in [2.45, 2.75) is 6.92 Å². The van der Waals surface area contributed by atoms with Gasteiger partial charge in [0.2, 0.25) is 0 Å². The third kappa shape index (κ3) is 2.74. The minimum Gasteiger partial charge on any atom is -0.306 e. The molecule has 0 aliphatic heterocycles. The van der Waals surface area contributed by atoms with Gasteiger partial charge in [-0.25, -0.2) is 4.98 Å². The number of aryl methyl sites for hydroxylation is 1. The summed E-state index contributed by atoms with van der Waals surface area (Å²) in [5.74, 6) is -0.0274. The minimum absolute atomic E-state index is 0.0274. The number of carbonyl (C=O) groups excluding carboxylic acids is 1. The topological polar surface area (TPSA) is 52.7 Å². The van der Waals surface area contributed by atoms with Crippen molar-refractivity contribution in [3.63, 3.8) is 0 Å². The van der Waals surface area contributed by atoms with Gasteiger partial charge < -0.3 is 4.57 Å². The number of hydrogen-bond acceptors (Lipinski definition) is 3. The Morgan fingerprint density at radius 3 is 2.59 bits per heavy atom. The summed E-state index contributed by atoms with van der Waals surface area (Å²) in [6.45, 7) is 1.97. The van der Waals surface area contributed by atoms with E-state index >= 15 is 0 Å². The first kappa shape index (κ1) is 14.0. The molecule has 22 heavy (non-hydrogen) atoms. The van der Waals surface area contributed by atoms with Gasteiger partial charge in [-0.1, -0.05) is 0 Å². The average molecular weight is 292 g/mol. The van der Waals surface area contributed by atoms with E-state index in [4.69, 9.17) is 0 Å². The van der Waals surface area contributed by atoms with Gasteiger partial charge in [0, 0.05) is 41.9 Å². The van der Waals surface area contributed by atoms with E-state index in [-0.39, 0.29) is 5.78 Å². The van der Waals surface area contributed by atoms with Crippen molar-refractivity contribution < 1.29 is 4.79 Å². The highest BCUT2D eigenvalue weighted by Crippen LogP contribution is 2.12. The first-order chi connectivity index (χ1) is 10.6. The van der Waals surface area contributed by atoms with E-state index in [2.05, 4.69) is 10.1 Å². The maximum Gasteiger partial charge on any atom is 0.185 e. The van der Waals surface area contributed by atoms with Crippen molar-refractivity contribution in [2.75, 3.05) is 0 Å². The van der Waals surface area contributed by atoms with E-state index in [1.807, 2.05) is 49.0 Å². The van der Waals surface area contributed by atoms with Crippen molar-refractivity contribution in [1.82, 2.24) is 19.3 Å². The molecule has 0 spiro atoms. The van der Waals surface area contributed by atoms with E-state index in [9.17, 15) is 4.79 Å². The number of hydrogen-bond donors (Lipinski definition) is 0. The van der Waals surface area contributed by atoms with Gasteiger partial charge in [-0.15, -0.1) is 0 Å². The van der Waals surface area contributed by atoms with Crippen molar-refractivity contribution in [3.8, 4) is 5.69 Å². The van der Waals surface area contributed by atoms with Crippen LogP contribution in [0.25, 0.3) is 11.8 Å². The second-order valence-corrected chi connectivity index (χ2v) is 5.02. The molecule has 0 amide bonds. The lowest BCUT2D eigenvalue weighted by Crippen LogP contribution is -1.96. The SMILES string of the molecule is Cc1c(/C=C/C(=O)c2ccc(-n3ccnc3)cc2)cnn1C. The molecule has 0 bridgehead atoms. The molecule has 2 heterocycles. The molecule has 0 aliphatic carbocycles. The number of carbonyl (C=O) groups is 1. The monoisotopic (exact) mass is 292 g/mol. The van der Waals surface area contributed by atoms with E-state index < -0.39 is 0 Å². The number of imidazole rings is 1. The van der Waals surface area contributed by atoms with Gasteiger partial charge in [0.15, 0.2) is 5.78 Å². The van der Waals surface area contributed by atoms with Crippen LogP contribution in [0.1, 0.15) is 21.6 Å². The van der Waals surface area contributed by atoms with E-state index in [1.165, 1.54) is 0 Å². The van der Waals surface area contributed by atoms with E-state index in [1.54, 1.807) is 35.6 Å². The normalized spacial score (nSPS) is 11.2. The molecule has 110 valence electrons. The molecule has 2 aromatic heterocycles. The van der Waals surface area contributed by atoms with Gasteiger partial charge >= 0.3 is 0 Å². The molecule has 1 aromatic carbocycles. The van der Waals surface area contributed by atoms with Gasteiger partial charge in [0.05, 0.1) is 12.5 Å². The Morgan fingerprint density at radius 1 is 1.23 bits per heavy atom. The maximum absolute atomic E-state index is 12.2. The van der Waals surface area contributed by atoms with Crippen LogP contribution in [0.5, 0.6) is 0 Å². The van der Waals surface area contributed by atoms with Gasteiger partial charge in [0.25, 0.3) is 0 Å². The van der Waals surface area contributed by atoms with E-state index in [0.29, 0.717) is 5.56 Å². The van der Waals surface area contributed by atoms with Crippen LogP contribution in [0.2, 0.25) is 0 Å². The summed E-state index contributed by atoms with van der Waals surface area (Å²) in [6, 6.07) is 7.44. The molecule has 0 unspecified atom stereocenters. The van der Waals surface area contributed by atoms with Crippen LogP contribution < -0.4 is 0 Å². The Kier molecular flexibility index (Phi) is 3.70. The second-order valence-electron chi connectivity index (χ2n) is 5.02. The molecule has 0 atom stereocenters. The number of ketones is 1. The first-order valence-corrected chi connectivity index (χ1v) is 6.94. The smallest absolute Gasteiger partial charge is 0.185 e. The predicted octanol–water partition coefficient (Wildman–Crippen LogP) is 2.81. The van der Waals surface area contributed by atoms with Gasteiger partial charge in [0.1, 0.15) is 0 Å². The van der Waals surface area contributed by atoms with Crippen molar-refractivity contribution in [3.05, 3.63) is 72.1 Å². The average Bonchev–Trinajstić information content (AvgIpc) is 3.17. The Labute approximate surface area is 128 Å². The fourth-order valence-electron chi connectivity index (χ4n) is 2.15. The summed E-state index contributed by atoms with van der Waals surface area (Å²) in [6.07, 6.45) is 10.4. The highest BCUT2D eigenvalue weighted by Gasteiger charge is 2.04. The molecule has 3 rings (SSSR count). The zero-order valence-electron chi connectivity index (χ0n) is 12.5.